The molecule has 152 valence electrons. The highest BCUT2D eigenvalue weighted by atomic mass is 35.5. The number of nitrogens with zero attached hydrogens (tertiary/aromatic N) is 3. The lowest BCUT2D eigenvalue weighted by Crippen LogP contribution is -2.09. The van der Waals surface area contributed by atoms with Crippen molar-refractivity contribution in [3.63, 3.8) is 0 Å². The Bertz CT molecular complexity index is 1260. The molecule has 1 aromatic carbocycles. The maximum Gasteiger partial charge on any atom is 0.220 e. The molecule has 4 aromatic rings. The fourth-order valence-electron chi connectivity index (χ4n) is 3.35. The molecule has 0 amide bonds. The SMILES string of the molecule is COc1ccc(CC(=O)Cc2cnc3sc(C)nc3c2-c2cccnc2F)cc1Cl. The van der Waals surface area contributed by atoms with Crippen LogP contribution in [0.25, 0.3) is 21.5 Å². The lowest BCUT2D eigenvalue weighted by Gasteiger charge is -2.11. The summed E-state index contributed by atoms with van der Waals surface area (Å²) >= 11 is 7.59. The third-order valence-corrected chi connectivity index (χ3v) is 5.82. The van der Waals surface area contributed by atoms with Crippen molar-refractivity contribution in [3.05, 3.63) is 69.8 Å². The van der Waals surface area contributed by atoms with Crippen LogP contribution in [0.5, 0.6) is 5.75 Å². The van der Waals surface area contributed by atoms with Gasteiger partial charge in [-0.2, -0.15) is 4.39 Å². The topological polar surface area (TPSA) is 65.0 Å². The van der Waals surface area contributed by atoms with E-state index in [-0.39, 0.29) is 18.6 Å². The fourth-order valence-corrected chi connectivity index (χ4v) is 4.40. The molecule has 0 fully saturated rings. The zero-order chi connectivity index (χ0) is 21.3. The van der Waals surface area contributed by atoms with Gasteiger partial charge < -0.3 is 4.74 Å². The van der Waals surface area contributed by atoms with Crippen LogP contribution in [0.3, 0.4) is 0 Å². The average molecular weight is 442 g/mol. The highest BCUT2D eigenvalue weighted by Crippen LogP contribution is 2.34. The van der Waals surface area contributed by atoms with Gasteiger partial charge in [0.05, 0.1) is 17.1 Å². The van der Waals surface area contributed by atoms with E-state index < -0.39 is 5.95 Å². The Labute approximate surface area is 181 Å². The molecule has 0 unspecified atom stereocenters. The van der Waals surface area contributed by atoms with Gasteiger partial charge in [-0.15, -0.1) is 0 Å². The van der Waals surface area contributed by atoms with Crippen molar-refractivity contribution in [1.82, 2.24) is 15.0 Å². The van der Waals surface area contributed by atoms with Gasteiger partial charge in [-0.1, -0.05) is 29.0 Å². The number of pyridine rings is 2. The van der Waals surface area contributed by atoms with E-state index in [4.69, 9.17) is 16.3 Å². The van der Waals surface area contributed by atoms with E-state index in [0.717, 1.165) is 10.6 Å². The fraction of sp³-hybridized carbons (Fsp3) is 0.182. The first-order valence-corrected chi connectivity index (χ1v) is 10.4. The van der Waals surface area contributed by atoms with Crippen LogP contribution < -0.4 is 4.74 Å². The standard InChI is InChI=1S/C22H17ClFN3O2S/c1-12-27-20-19(16-4-3-7-25-21(16)24)14(11-26-22(20)30-12)10-15(28)8-13-5-6-18(29-2)17(23)9-13/h3-7,9,11H,8,10H2,1-2H3. The van der Waals surface area contributed by atoms with Crippen LogP contribution in [0.4, 0.5) is 4.39 Å². The number of ketones is 1. The number of aryl methyl sites for hydroxylation is 1. The second-order valence-electron chi connectivity index (χ2n) is 6.75. The molecular formula is C22H17ClFN3O2S. The largest absolute Gasteiger partial charge is 0.495 e. The average Bonchev–Trinajstić information content (AvgIpc) is 3.09. The van der Waals surface area contributed by atoms with Gasteiger partial charge in [-0.05, 0) is 42.3 Å². The predicted molar refractivity (Wildman–Crippen MR) is 116 cm³/mol. The van der Waals surface area contributed by atoms with E-state index in [1.807, 2.05) is 6.92 Å². The number of halogens is 2. The minimum absolute atomic E-state index is 0.0464. The number of Topliss-reactive ketones (excluding diaryl/α,β-unsaturated/α-hetero) is 1. The number of benzene rings is 1. The van der Waals surface area contributed by atoms with Gasteiger partial charge in [0.25, 0.3) is 0 Å². The Morgan fingerprint density at radius 3 is 2.80 bits per heavy atom. The van der Waals surface area contributed by atoms with Crippen LogP contribution in [0.1, 0.15) is 16.1 Å². The monoisotopic (exact) mass is 441 g/mol. The minimum atomic E-state index is -0.605. The van der Waals surface area contributed by atoms with Crippen molar-refractivity contribution >= 4 is 39.1 Å². The number of thiazole rings is 1. The molecule has 4 rings (SSSR count). The number of fused-ring (bicyclic) bond motifs is 1. The van der Waals surface area contributed by atoms with Gasteiger partial charge in [0.2, 0.25) is 5.95 Å². The van der Waals surface area contributed by atoms with E-state index in [0.29, 0.717) is 37.8 Å². The second kappa shape index (κ2) is 8.45. The first-order valence-electron chi connectivity index (χ1n) is 9.16. The van der Waals surface area contributed by atoms with Crippen molar-refractivity contribution in [2.24, 2.45) is 0 Å². The Kier molecular flexibility index (Phi) is 5.74. The number of ether oxygens (including phenoxy) is 1. The van der Waals surface area contributed by atoms with Crippen LogP contribution in [-0.4, -0.2) is 27.8 Å². The molecule has 0 bridgehead atoms. The molecule has 0 saturated heterocycles. The number of hydrogen-bond acceptors (Lipinski definition) is 6. The van der Waals surface area contributed by atoms with Gasteiger partial charge >= 0.3 is 0 Å². The summed E-state index contributed by atoms with van der Waals surface area (Å²) in [5, 5.41) is 1.27. The van der Waals surface area contributed by atoms with Crippen LogP contribution in [-0.2, 0) is 17.6 Å². The molecule has 3 heterocycles. The molecule has 0 atom stereocenters. The third-order valence-electron chi connectivity index (χ3n) is 4.65. The third kappa shape index (κ3) is 4.04. The van der Waals surface area contributed by atoms with E-state index in [1.54, 1.807) is 36.5 Å². The van der Waals surface area contributed by atoms with Gasteiger partial charge in [0.15, 0.2) is 0 Å². The second-order valence-corrected chi connectivity index (χ2v) is 8.34. The quantitative estimate of drug-likeness (QED) is 0.384. The van der Waals surface area contributed by atoms with E-state index >= 15 is 0 Å². The van der Waals surface area contributed by atoms with Crippen molar-refractivity contribution in [2.45, 2.75) is 19.8 Å². The summed E-state index contributed by atoms with van der Waals surface area (Å²) in [6, 6.07) is 8.55. The zero-order valence-electron chi connectivity index (χ0n) is 16.3. The molecule has 0 aliphatic heterocycles. The summed E-state index contributed by atoms with van der Waals surface area (Å²) in [7, 11) is 1.54. The molecule has 0 radical (unpaired) electrons. The minimum Gasteiger partial charge on any atom is -0.495 e. The summed E-state index contributed by atoms with van der Waals surface area (Å²) in [5.74, 6) is -0.100. The molecular weight excluding hydrogens is 425 g/mol. The first kappa shape index (κ1) is 20.4. The molecule has 0 aliphatic carbocycles. The molecule has 0 aliphatic rings. The summed E-state index contributed by atoms with van der Waals surface area (Å²) in [4.78, 5) is 26.3. The molecule has 0 spiro atoms. The Morgan fingerprint density at radius 2 is 2.07 bits per heavy atom. The van der Waals surface area contributed by atoms with Gasteiger partial charge in [0.1, 0.15) is 21.9 Å². The van der Waals surface area contributed by atoms with Crippen LogP contribution >= 0.6 is 22.9 Å². The zero-order valence-corrected chi connectivity index (χ0v) is 17.9. The molecule has 0 saturated carbocycles. The van der Waals surface area contributed by atoms with Crippen LogP contribution in [0.2, 0.25) is 5.02 Å². The number of carbonyl (C=O) groups excluding carboxylic acids is 1. The lowest BCUT2D eigenvalue weighted by atomic mass is 9.96. The van der Waals surface area contributed by atoms with E-state index in [2.05, 4.69) is 15.0 Å². The van der Waals surface area contributed by atoms with Gasteiger partial charge in [0, 0.05) is 36.4 Å². The van der Waals surface area contributed by atoms with Gasteiger partial charge in [-0.25, -0.2) is 15.0 Å². The number of aromatic nitrogens is 3. The van der Waals surface area contributed by atoms with Crippen LogP contribution in [0.15, 0.2) is 42.7 Å². The van der Waals surface area contributed by atoms with E-state index in [9.17, 15) is 9.18 Å². The van der Waals surface area contributed by atoms with Crippen molar-refractivity contribution in [2.75, 3.05) is 7.11 Å². The van der Waals surface area contributed by atoms with Crippen molar-refractivity contribution < 1.29 is 13.9 Å². The Balaban J connectivity index is 1.70. The first-order chi connectivity index (χ1) is 14.5. The van der Waals surface area contributed by atoms with E-state index in [1.165, 1.54) is 24.6 Å². The Hall–Kier alpha value is -2.90. The maximum absolute atomic E-state index is 14.5. The Morgan fingerprint density at radius 1 is 1.23 bits per heavy atom. The molecule has 3 aromatic heterocycles. The normalized spacial score (nSPS) is 11.1. The molecule has 30 heavy (non-hydrogen) atoms. The smallest absolute Gasteiger partial charge is 0.220 e. The summed E-state index contributed by atoms with van der Waals surface area (Å²) in [5.41, 5.74) is 2.85. The summed E-state index contributed by atoms with van der Waals surface area (Å²) in [6.45, 7) is 1.87. The lowest BCUT2D eigenvalue weighted by molar-refractivity contribution is -0.117. The molecule has 0 N–H and O–H groups in total. The number of rotatable bonds is 6. The summed E-state index contributed by atoms with van der Waals surface area (Å²) < 4.78 is 19.7. The van der Waals surface area contributed by atoms with Crippen molar-refractivity contribution in [3.8, 4) is 16.9 Å². The number of methoxy groups -OCH3 is 1. The highest BCUT2D eigenvalue weighted by Gasteiger charge is 2.20. The van der Waals surface area contributed by atoms with Crippen LogP contribution in [0, 0.1) is 12.9 Å². The number of hydrogen-bond donors (Lipinski definition) is 0. The predicted octanol–water partition coefficient (Wildman–Crippen LogP) is 5.22. The highest BCUT2D eigenvalue weighted by molar-refractivity contribution is 7.18. The molecule has 5 nitrogen and oxygen atoms in total. The number of carbonyl (C=O) groups is 1. The molecule has 8 heteroatoms. The summed E-state index contributed by atoms with van der Waals surface area (Å²) in [6.07, 6.45) is 3.29. The van der Waals surface area contributed by atoms with Gasteiger partial charge in [-0.3, -0.25) is 4.79 Å². The maximum atomic E-state index is 14.5. The van der Waals surface area contributed by atoms with Crippen molar-refractivity contribution in [1.29, 1.82) is 0 Å².